The summed E-state index contributed by atoms with van der Waals surface area (Å²) in [6.45, 7) is 0. The maximum Gasteiger partial charge on any atom is 0.320 e. The third kappa shape index (κ3) is 3.82. The summed E-state index contributed by atoms with van der Waals surface area (Å²) < 4.78 is 5.64. The molecule has 0 bridgehead atoms. The van der Waals surface area contributed by atoms with Gasteiger partial charge in [0.25, 0.3) is 0 Å². The highest BCUT2D eigenvalue weighted by Crippen LogP contribution is 2.21. The molecule has 0 amide bonds. The Hall–Kier alpha value is -2.33. The van der Waals surface area contributed by atoms with Gasteiger partial charge in [-0.15, -0.1) is 0 Å². The monoisotopic (exact) mass is 257 g/mol. The molecule has 0 unspecified atom stereocenters. The van der Waals surface area contributed by atoms with Crippen LogP contribution in [0.25, 0.3) is 0 Å². The molecule has 0 spiro atoms. The summed E-state index contributed by atoms with van der Waals surface area (Å²) >= 11 is 0. The van der Waals surface area contributed by atoms with E-state index in [1.54, 1.807) is 12.1 Å². The smallest absolute Gasteiger partial charge is 0.320 e. The third-order valence-corrected chi connectivity index (χ3v) is 2.68. The van der Waals surface area contributed by atoms with E-state index in [9.17, 15) is 4.79 Å². The molecule has 1 atom stereocenters. The van der Waals surface area contributed by atoms with Crippen LogP contribution < -0.4 is 10.5 Å². The van der Waals surface area contributed by atoms with Crippen molar-refractivity contribution in [1.29, 1.82) is 0 Å². The summed E-state index contributed by atoms with van der Waals surface area (Å²) in [6.07, 6.45) is 0.306. The number of carboxylic acid groups (broad SMARTS) is 1. The van der Waals surface area contributed by atoms with Gasteiger partial charge in [-0.25, -0.2) is 0 Å². The van der Waals surface area contributed by atoms with E-state index in [1.807, 2.05) is 42.5 Å². The van der Waals surface area contributed by atoms with E-state index in [-0.39, 0.29) is 0 Å². The number of carbonyl (C=O) groups is 1. The van der Waals surface area contributed by atoms with E-state index in [2.05, 4.69) is 0 Å². The second-order valence-electron chi connectivity index (χ2n) is 4.21. The first-order chi connectivity index (χ1) is 9.15. The van der Waals surface area contributed by atoms with Crippen molar-refractivity contribution in [2.24, 2.45) is 5.73 Å². The Bertz CT molecular complexity index is 537. The van der Waals surface area contributed by atoms with Gasteiger partial charge in [-0.1, -0.05) is 30.3 Å². The average molecular weight is 257 g/mol. The maximum atomic E-state index is 10.7. The number of nitrogens with two attached hydrogens (primary N) is 1. The molecule has 0 aliphatic heterocycles. The molecule has 2 rings (SSSR count). The van der Waals surface area contributed by atoms with Crippen LogP contribution >= 0.6 is 0 Å². The fourth-order valence-corrected chi connectivity index (χ4v) is 1.66. The molecule has 0 fully saturated rings. The largest absolute Gasteiger partial charge is 0.480 e. The Balaban J connectivity index is 2.01. The van der Waals surface area contributed by atoms with Gasteiger partial charge in [0.2, 0.25) is 0 Å². The van der Waals surface area contributed by atoms with Gasteiger partial charge in [0.05, 0.1) is 0 Å². The highest BCUT2D eigenvalue weighted by atomic mass is 16.5. The van der Waals surface area contributed by atoms with Gasteiger partial charge in [-0.05, 0) is 36.2 Å². The highest BCUT2D eigenvalue weighted by Gasteiger charge is 2.11. The molecule has 2 aromatic rings. The van der Waals surface area contributed by atoms with E-state index in [0.29, 0.717) is 12.2 Å². The van der Waals surface area contributed by atoms with Gasteiger partial charge in [-0.2, -0.15) is 0 Å². The van der Waals surface area contributed by atoms with Crippen LogP contribution in [0.4, 0.5) is 0 Å². The molecule has 0 radical (unpaired) electrons. The Morgan fingerprint density at radius 2 is 1.63 bits per heavy atom. The van der Waals surface area contributed by atoms with E-state index in [1.165, 1.54) is 0 Å². The van der Waals surface area contributed by atoms with Gasteiger partial charge in [0, 0.05) is 0 Å². The lowest BCUT2D eigenvalue weighted by molar-refractivity contribution is -0.138. The Morgan fingerprint density at radius 1 is 1.05 bits per heavy atom. The Morgan fingerprint density at radius 3 is 2.21 bits per heavy atom. The van der Waals surface area contributed by atoms with Crippen molar-refractivity contribution in [3.05, 3.63) is 60.2 Å². The number of hydrogen-bond donors (Lipinski definition) is 2. The number of para-hydroxylation sites is 1. The molecular weight excluding hydrogens is 242 g/mol. The zero-order valence-corrected chi connectivity index (χ0v) is 10.3. The van der Waals surface area contributed by atoms with E-state index in [0.717, 1.165) is 11.3 Å². The SMILES string of the molecule is N[C@H](Cc1ccc(Oc2ccccc2)cc1)C(=O)O. The zero-order valence-electron chi connectivity index (χ0n) is 10.3. The molecule has 2 aromatic carbocycles. The van der Waals surface area contributed by atoms with E-state index in [4.69, 9.17) is 15.6 Å². The van der Waals surface area contributed by atoms with Gasteiger partial charge >= 0.3 is 5.97 Å². The number of carboxylic acids is 1. The molecule has 98 valence electrons. The van der Waals surface area contributed by atoms with E-state index < -0.39 is 12.0 Å². The van der Waals surface area contributed by atoms with Crippen LogP contribution in [0.2, 0.25) is 0 Å². The van der Waals surface area contributed by atoms with Crippen LogP contribution in [0.3, 0.4) is 0 Å². The minimum atomic E-state index is -0.996. The number of rotatable bonds is 5. The molecule has 0 aromatic heterocycles. The first-order valence-corrected chi connectivity index (χ1v) is 5.95. The quantitative estimate of drug-likeness (QED) is 0.862. The van der Waals surface area contributed by atoms with Crippen molar-refractivity contribution in [2.75, 3.05) is 0 Å². The summed E-state index contributed by atoms with van der Waals surface area (Å²) in [4.78, 5) is 10.7. The second-order valence-corrected chi connectivity index (χ2v) is 4.21. The minimum Gasteiger partial charge on any atom is -0.480 e. The second kappa shape index (κ2) is 6.02. The standard InChI is InChI=1S/C15H15NO3/c16-14(15(17)18)10-11-6-8-13(9-7-11)19-12-4-2-1-3-5-12/h1-9,14H,10,16H2,(H,17,18)/t14-/m1/s1. The number of ether oxygens (including phenoxy) is 1. The van der Waals surface area contributed by atoms with Gasteiger partial charge < -0.3 is 15.6 Å². The van der Waals surface area contributed by atoms with Gasteiger partial charge in [0.15, 0.2) is 0 Å². The Labute approximate surface area is 111 Å². The molecule has 0 aliphatic rings. The fraction of sp³-hybridized carbons (Fsp3) is 0.133. The fourth-order valence-electron chi connectivity index (χ4n) is 1.66. The van der Waals surface area contributed by atoms with Crippen molar-refractivity contribution in [1.82, 2.24) is 0 Å². The molecular formula is C15H15NO3. The maximum absolute atomic E-state index is 10.7. The molecule has 0 saturated carbocycles. The molecule has 0 aliphatic carbocycles. The van der Waals surface area contributed by atoms with E-state index >= 15 is 0 Å². The lowest BCUT2D eigenvalue weighted by Gasteiger charge is -2.08. The molecule has 3 N–H and O–H groups in total. The van der Waals surface area contributed by atoms with Crippen molar-refractivity contribution >= 4 is 5.97 Å². The Kier molecular flexibility index (Phi) is 4.15. The summed E-state index contributed by atoms with van der Waals surface area (Å²) in [5, 5.41) is 8.74. The summed E-state index contributed by atoms with van der Waals surface area (Å²) in [6, 6.07) is 15.8. The normalized spacial score (nSPS) is 11.8. The first kappa shape index (κ1) is 13.1. The third-order valence-electron chi connectivity index (χ3n) is 2.68. The number of aliphatic carboxylic acids is 1. The van der Waals surface area contributed by atoms with Crippen LogP contribution in [0.5, 0.6) is 11.5 Å². The van der Waals surface area contributed by atoms with Crippen LogP contribution in [-0.4, -0.2) is 17.1 Å². The van der Waals surface area contributed by atoms with Crippen LogP contribution in [0, 0.1) is 0 Å². The summed E-state index contributed by atoms with van der Waals surface area (Å²) in [5.74, 6) is 0.473. The van der Waals surface area contributed by atoms with Crippen molar-refractivity contribution in [3.8, 4) is 11.5 Å². The van der Waals surface area contributed by atoms with Crippen LogP contribution in [0.1, 0.15) is 5.56 Å². The molecule has 4 nitrogen and oxygen atoms in total. The zero-order chi connectivity index (χ0) is 13.7. The van der Waals surface area contributed by atoms with Crippen molar-refractivity contribution in [3.63, 3.8) is 0 Å². The topological polar surface area (TPSA) is 72.5 Å². The molecule has 0 heterocycles. The minimum absolute atomic E-state index is 0.306. The molecule has 19 heavy (non-hydrogen) atoms. The molecule has 4 heteroatoms. The van der Waals surface area contributed by atoms with Crippen molar-refractivity contribution in [2.45, 2.75) is 12.5 Å². The first-order valence-electron chi connectivity index (χ1n) is 5.95. The lowest BCUT2D eigenvalue weighted by Crippen LogP contribution is -2.32. The van der Waals surface area contributed by atoms with Crippen LogP contribution in [0.15, 0.2) is 54.6 Å². The predicted molar refractivity (Wildman–Crippen MR) is 72.3 cm³/mol. The summed E-state index contributed by atoms with van der Waals surface area (Å²) in [7, 11) is 0. The predicted octanol–water partition coefficient (Wildman–Crippen LogP) is 2.43. The van der Waals surface area contributed by atoms with Gasteiger partial charge in [-0.3, -0.25) is 4.79 Å². The number of hydrogen-bond acceptors (Lipinski definition) is 3. The number of benzene rings is 2. The highest BCUT2D eigenvalue weighted by molar-refractivity contribution is 5.73. The average Bonchev–Trinajstić information content (AvgIpc) is 2.42. The summed E-state index contributed by atoms with van der Waals surface area (Å²) in [5.41, 5.74) is 6.35. The van der Waals surface area contributed by atoms with Crippen molar-refractivity contribution < 1.29 is 14.6 Å². The molecule has 0 saturated heterocycles. The lowest BCUT2D eigenvalue weighted by atomic mass is 10.1. The van der Waals surface area contributed by atoms with Gasteiger partial charge in [0.1, 0.15) is 17.5 Å². The van der Waals surface area contributed by atoms with Crippen LogP contribution in [-0.2, 0) is 11.2 Å².